The lowest BCUT2D eigenvalue weighted by atomic mass is 9.84. The second-order valence-corrected chi connectivity index (χ2v) is 15.1. The van der Waals surface area contributed by atoms with Gasteiger partial charge in [0.2, 0.25) is 0 Å². The standard InChI is InChI=1S/C31H65N9O14/c1-40(6-10(41)8-49-28-20(43)12(34)2-14(36)26(28)53-30-18(38)24(47)22(45)16(4-32)51-30)7-11(42)9-50-29-21(44)13(35)3-15(37)27(29)54-31-19(39)25(48)23(46)17(5-33)52-31/h10-31,41-48H,2-9,32-39H2,1H3/t10-,11-,12-,13+,14+,15-,16-,17+,18-,19+,20+,21-,22-,23+,24-,25+,26-,27+,28?,29?,30-,31+/m0/s1. The Hall–Kier alpha value is -0.920. The zero-order valence-electron chi connectivity index (χ0n) is 30.5. The summed E-state index contributed by atoms with van der Waals surface area (Å²) in [6, 6.07) is -5.43. The maximum Gasteiger partial charge on any atom is 0.176 e. The van der Waals surface area contributed by atoms with E-state index in [2.05, 4.69) is 0 Å². The van der Waals surface area contributed by atoms with Crippen LogP contribution >= 0.6 is 0 Å². The first-order valence-corrected chi connectivity index (χ1v) is 18.3. The van der Waals surface area contributed by atoms with Crippen molar-refractivity contribution in [3.8, 4) is 0 Å². The van der Waals surface area contributed by atoms with Crippen LogP contribution < -0.4 is 45.9 Å². The molecule has 2 aliphatic carbocycles. The number of rotatable bonds is 16. The van der Waals surface area contributed by atoms with Crippen molar-refractivity contribution in [2.45, 2.75) is 147 Å². The molecule has 2 saturated heterocycles. The highest BCUT2D eigenvalue weighted by Gasteiger charge is 2.50. The first-order chi connectivity index (χ1) is 25.4. The molecule has 0 bridgehead atoms. The van der Waals surface area contributed by atoms with Crippen molar-refractivity contribution in [2.75, 3.05) is 46.4 Å². The van der Waals surface area contributed by atoms with Gasteiger partial charge in [0.15, 0.2) is 12.6 Å². The Morgan fingerprint density at radius 2 is 0.907 bits per heavy atom. The largest absolute Gasteiger partial charge is 0.389 e. The van der Waals surface area contributed by atoms with E-state index in [0.717, 1.165) is 0 Å². The summed E-state index contributed by atoms with van der Waals surface area (Å²) in [5, 5.41) is 84.8. The molecule has 0 aromatic heterocycles. The molecule has 0 radical (unpaired) electrons. The van der Waals surface area contributed by atoms with Gasteiger partial charge in [0.1, 0.15) is 61.0 Å². The minimum Gasteiger partial charge on any atom is -0.389 e. The SMILES string of the molecule is CN(C[C@H](O)COC1[C@@H](O[C@@H]2O[C@@H](CN)[C@H](O)[C@@H](O)[C@@H]2N)[C@H](N)C[C@H](N)[C@H]1O)C[C@H](O)COC1[C@@H](O)[C@H](N)C[C@H](N)[C@H]1O[C@H]1O[C@H](CN)[C@@H](O)[C@H](O)[C@H]1N. The molecule has 4 aliphatic rings. The minimum absolute atomic E-state index is 0.0106. The fraction of sp³-hybridized carbons (Fsp3) is 1.00. The van der Waals surface area contributed by atoms with E-state index in [0.29, 0.717) is 0 Å². The van der Waals surface area contributed by atoms with Gasteiger partial charge in [-0.25, -0.2) is 0 Å². The van der Waals surface area contributed by atoms with Crippen LogP contribution in [0.25, 0.3) is 0 Å². The van der Waals surface area contributed by atoms with Crippen LogP contribution in [0.2, 0.25) is 0 Å². The predicted molar refractivity (Wildman–Crippen MR) is 187 cm³/mol. The quantitative estimate of drug-likeness (QED) is 0.0690. The first kappa shape index (κ1) is 45.8. The number of aliphatic hydroxyl groups is 8. The molecular formula is C31H65N9O14. The minimum atomic E-state index is -1.41. The van der Waals surface area contributed by atoms with Crippen molar-refractivity contribution < 1.29 is 69.3 Å². The summed E-state index contributed by atoms with van der Waals surface area (Å²) in [4.78, 5) is 1.59. The summed E-state index contributed by atoms with van der Waals surface area (Å²) in [6.07, 6.45) is -18.8. The number of nitrogens with zero attached hydrogens (tertiary/aromatic N) is 1. The van der Waals surface area contributed by atoms with Crippen molar-refractivity contribution in [3.63, 3.8) is 0 Å². The number of hydrogen-bond donors (Lipinski definition) is 16. The molecule has 0 amide bonds. The van der Waals surface area contributed by atoms with Crippen LogP contribution in [-0.2, 0) is 28.4 Å². The van der Waals surface area contributed by atoms with Crippen LogP contribution in [0.5, 0.6) is 0 Å². The lowest BCUT2D eigenvalue weighted by Crippen LogP contribution is -2.68. The number of aliphatic hydroxyl groups excluding tert-OH is 8. The number of nitrogens with two attached hydrogens (primary N) is 8. The van der Waals surface area contributed by atoms with Gasteiger partial charge in [-0.1, -0.05) is 0 Å². The van der Waals surface area contributed by atoms with Gasteiger partial charge in [-0.2, -0.15) is 0 Å². The van der Waals surface area contributed by atoms with Gasteiger partial charge < -0.3 is 120 Å². The van der Waals surface area contributed by atoms with Crippen LogP contribution in [0.3, 0.4) is 0 Å². The molecule has 4 rings (SSSR count). The van der Waals surface area contributed by atoms with Gasteiger partial charge in [-0.15, -0.1) is 0 Å². The Morgan fingerprint density at radius 3 is 1.24 bits per heavy atom. The Balaban J connectivity index is 1.30. The molecule has 24 N–H and O–H groups in total. The highest BCUT2D eigenvalue weighted by Crippen LogP contribution is 2.30. The Labute approximate surface area is 313 Å². The van der Waals surface area contributed by atoms with Crippen LogP contribution in [0.1, 0.15) is 12.8 Å². The van der Waals surface area contributed by atoms with E-state index >= 15 is 0 Å². The third kappa shape index (κ3) is 10.8. The van der Waals surface area contributed by atoms with Gasteiger partial charge >= 0.3 is 0 Å². The molecule has 23 nitrogen and oxygen atoms in total. The average molecular weight is 788 g/mol. The highest BCUT2D eigenvalue weighted by atomic mass is 16.7. The molecule has 0 aromatic rings. The van der Waals surface area contributed by atoms with Crippen molar-refractivity contribution >= 4 is 0 Å². The molecule has 318 valence electrons. The topological polar surface area (TPSA) is 429 Å². The summed E-state index contributed by atoms with van der Waals surface area (Å²) in [6.45, 7) is -0.906. The lowest BCUT2D eigenvalue weighted by molar-refractivity contribution is -0.292. The molecule has 54 heavy (non-hydrogen) atoms. The molecule has 2 saturated carbocycles. The second-order valence-electron chi connectivity index (χ2n) is 15.1. The van der Waals surface area contributed by atoms with Crippen molar-refractivity contribution in [1.82, 2.24) is 4.90 Å². The van der Waals surface area contributed by atoms with E-state index in [4.69, 9.17) is 74.3 Å². The van der Waals surface area contributed by atoms with E-state index in [9.17, 15) is 40.9 Å². The Morgan fingerprint density at radius 1 is 0.556 bits per heavy atom. The van der Waals surface area contributed by atoms with E-state index in [1.54, 1.807) is 11.9 Å². The molecule has 0 aromatic carbocycles. The summed E-state index contributed by atoms with van der Waals surface area (Å²) in [5.41, 5.74) is 48.3. The van der Waals surface area contributed by atoms with Crippen molar-refractivity contribution in [1.29, 1.82) is 0 Å². The predicted octanol–water partition coefficient (Wildman–Crippen LogP) is -10.5. The molecule has 22 atom stereocenters. The third-order valence-electron chi connectivity index (χ3n) is 10.7. The Bertz CT molecular complexity index is 1050. The number of ether oxygens (including phenoxy) is 6. The fourth-order valence-electron chi connectivity index (χ4n) is 7.48. The molecule has 2 heterocycles. The summed E-state index contributed by atoms with van der Waals surface area (Å²) in [7, 11) is 1.62. The van der Waals surface area contributed by atoms with Gasteiger partial charge in [-0.05, 0) is 19.9 Å². The highest BCUT2D eigenvalue weighted by molar-refractivity contribution is 5.02. The van der Waals surface area contributed by atoms with E-state index in [1.165, 1.54) is 0 Å². The van der Waals surface area contributed by atoms with E-state index < -0.39 is 134 Å². The van der Waals surface area contributed by atoms with Crippen LogP contribution in [0.15, 0.2) is 0 Å². The zero-order chi connectivity index (χ0) is 40.2. The van der Waals surface area contributed by atoms with Crippen LogP contribution in [0, 0.1) is 0 Å². The van der Waals surface area contributed by atoms with E-state index in [1.807, 2.05) is 0 Å². The molecule has 0 spiro atoms. The van der Waals surface area contributed by atoms with Gasteiger partial charge in [0.25, 0.3) is 0 Å². The maximum atomic E-state index is 10.9. The fourth-order valence-corrected chi connectivity index (χ4v) is 7.48. The van der Waals surface area contributed by atoms with Gasteiger partial charge in [0.05, 0.1) is 49.7 Å². The third-order valence-corrected chi connectivity index (χ3v) is 10.7. The van der Waals surface area contributed by atoms with Gasteiger partial charge in [-0.3, -0.25) is 0 Å². The monoisotopic (exact) mass is 787 g/mol. The summed E-state index contributed by atoms with van der Waals surface area (Å²) in [5.74, 6) is 0. The van der Waals surface area contributed by atoms with Crippen molar-refractivity contribution in [2.24, 2.45) is 45.9 Å². The summed E-state index contributed by atoms with van der Waals surface area (Å²) < 4.78 is 35.2. The Kier molecular flexibility index (Phi) is 17.1. The number of likely N-dealkylation sites (N-methyl/N-ethyl adjacent to an activating group) is 1. The van der Waals surface area contributed by atoms with Gasteiger partial charge in [0, 0.05) is 50.3 Å². The van der Waals surface area contributed by atoms with E-state index in [-0.39, 0.29) is 52.2 Å². The van der Waals surface area contributed by atoms with Crippen LogP contribution in [0.4, 0.5) is 0 Å². The molecule has 4 fully saturated rings. The zero-order valence-corrected chi connectivity index (χ0v) is 30.5. The average Bonchev–Trinajstić information content (AvgIpc) is 3.12. The molecule has 2 unspecified atom stereocenters. The van der Waals surface area contributed by atoms with Crippen LogP contribution in [-0.4, -0.2) is 226 Å². The number of hydrogen-bond acceptors (Lipinski definition) is 23. The molecule has 2 aliphatic heterocycles. The first-order valence-electron chi connectivity index (χ1n) is 18.3. The van der Waals surface area contributed by atoms with Crippen molar-refractivity contribution in [3.05, 3.63) is 0 Å². The smallest absolute Gasteiger partial charge is 0.176 e. The maximum absolute atomic E-state index is 10.9. The molecular weight excluding hydrogens is 722 g/mol. The second kappa shape index (κ2) is 20.2. The lowest BCUT2D eigenvalue weighted by Gasteiger charge is -2.47. The molecule has 23 heteroatoms. The normalized spacial score (nSPS) is 47.4. The summed E-state index contributed by atoms with van der Waals surface area (Å²) >= 11 is 0.